The van der Waals surface area contributed by atoms with Gasteiger partial charge in [0.1, 0.15) is 5.82 Å². The van der Waals surface area contributed by atoms with Crippen LogP contribution in [0.3, 0.4) is 0 Å². The van der Waals surface area contributed by atoms with Crippen LogP contribution in [0.4, 0.5) is 10.1 Å². The quantitative estimate of drug-likeness (QED) is 0.543. The molecule has 0 spiro atoms. The molecule has 30 heavy (non-hydrogen) atoms. The molecule has 1 N–H and O–H groups in total. The van der Waals surface area contributed by atoms with Gasteiger partial charge in [0.15, 0.2) is 9.84 Å². The van der Waals surface area contributed by atoms with E-state index < -0.39 is 9.84 Å². The van der Waals surface area contributed by atoms with Gasteiger partial charge in [0.2, 0.25) is 0 Å². The fraction of sp³-hybridized carbons (Fsp3) is 0.261. The Balaban J connectivity index is 1.86. The molecule has 158 valence electrons. The van der Waals surface area contributed by atoms with E-state index >= 15 is 0 Å². The molecular formula is C23H26FN3O2S. The molecule has 0 radical (unpaired) electrons. The molecule has 0 bridgehead atoms. The van der Waals surface area contributed by atoms with Crippen molar-refractivity contribution in [1.82, 2.24) is 9.88 Å². The lowest BCUT2D eigenvalue weighted by Gasteiger charge is -2.13. The number of rotatable bonds is 8. The molecule has 2 aromatic carbocycles. The molecule has 0 saturated heterocycles. The van der Waals surface area contributed by atoms with Crippen LogP contribution < -0.4 is 5.32 Å². The monoisotopic (exact) mass is 427 g/mol. The van der Waals surface area contributed by atoms with E-state index in [0.717, 1.165) is 41.8 Å². The molecule has 5 nitrogen and oxygen atoms in total. The second-order valence-electron chi connectivity index (χ2n) is 7.51. The third kappa shape index (κ3) is 5.87. The summed E-state index contributed by atoms with van der Waals surface area (Å²) in [6.07, 6.45) is 5.89. The lowest BCUT2D eigenvalue weighted by molar-refractivity contribution is 0.405. The summed E-state index contributed by atoms with van der Waals surface area (Å²) in [5.74, 6) is -0.296. The Morgan fingerprint density at radius 1 is 1.07 bits per heavy atom. The highest BCUT2D eigenvalue weighted by atomic mass is 32.2. The van der Waals surface area contributed by atoms with Gasteiger partial charge in [0.25, 0.3) is 0 Å². The van der Waals surface area contributed by atoms with Gasteiger partial charge in [-0.25, -0.2) is 17.8 Å². The summed E-state index contributed by atoms with van der Waals surface area (Å²) in [5.41, 5.74) is 3.15. The number of fused-ring (bicyclic) bond motifs is 1. The number of nitrogens with zero attached hydrogens (tertiary/aromatic N) is 2. The standard InChI is InChI=1S/C23H26FN3O2S/c1-27(2)14-4-13-25-23-16-19(26-22-12-8-18(24)15-21(22)23)9-5-17-6-10-20(11-7-17)30(3,28)29/h5-12,15-16H,4,13-14H2,1-3H3,(H,25,26)/b9-5+. The van der Waals surface area contributed by atoms with Crippen LogP contribution in [0.2, 0.25) is 0 Å². The second-order valence-corrected chi connectivity index (χ2v) is 9.53. The van der Waals surface area contributed by atoms with Gasteiger partial charge in [-0.1, -0.05) is 18.2 Å². The number of pyridine rings is 1. The highest BCUT2D eigenvalue weighted by molar-refractivity contribution is 7.90. The summed E-state index contributed by atoms with van der Waals surface area (Å²) >= 11 is 0. The van der Waals surface area contributed by atoms with Crippen LogP contribution in [-0.2, 0) is 9.84 Å². The van der Waals surface area contributed by atoms with E-state index in [1.807, 2.05) is 32.3 Å². The summed E-state index contributed by atoms with van der Waals surface area (Å²) in [6.45, 7) is 1.73. The van der Waals surface area contributed by atoms with Gasteiger partial charge in [-0.3, -0.25) is 0 Å². The number of aromatic nitrogens is 1. The summed E-state index contributed by atoms with van der Waals surface area (Å²) in [7, 11) is 0.846. The van der Waals surface area contributed by atoms with E-state index in [0.29, 0.717) is 5.52 Å². The zero-order valence-electron chi connectivity index (χ0n) is 17.4. The van der Waals surface area contributed by atoms with Crippen LogP contribution in [0.25, 0.3) is 23.1 Å². The van der Waals surface area contributed by atoms with Crippen molar-refractivity contribution in [3.05, 3.63) is 65.6 Å². The fourth-order valence-corrected chi connectivity index (χ4v) is 3.71. The van der Waals surface area contributed by atoms with E-state index in [-0.39, 0.29) is 10.7 Å². The van der Waals surface area contributed by atoms with Crippen LogP contribution in [0.5, 0.6) is 0 Å². The van der Waals surface area contributed by atoms with E-state index in [4.69, 9.17) is 0 Å². The Labute approximate surface area is 177 Å². The summed E-state index contributed by atoms with van der Waals surface area (Å²) in [4.78, 5) is 7.01. The first-order valence-corrected chi connectivity index (χ1v) is 11.6. The molecule has 0 atom stereocenters. The van der Waals surface area contributed by atoms with Gasteiger partial charge >= 0.3 is 0 Å². The van der Waals surface area contributed by atoms with Crippen LogP contribution in [0, 0.1) is 5.82 Å². The minimum absolute atomic E-state index is 0.287. The first-order valence-electron chi connectivity index (χ1n) is 9.69. The molecule has 7 heteroatoms. The molecule has 0 amide bonds. The lowest BCUT2D eigenvalue weighted by Crippen LogP contribution is -2.16. The predicted octanol–water partition coefficient (Wildman–Crippen LogP) is 4.31. The van der Waals surface area contributed by atoms with Gasteiger partial charge in [-0.15, -0.1) is 0 Å². The zero-order chi connectivity index (χ0) is 21.7. The smallest absolute Gasteiger partial charge is 0.175 e. The number of halogens is 1. The van der Waals surface area contributed by atoms with Crippen molar-refractivity contribution in [2.45, 2.75) is 11.3 Å². The summed E-state index contributed by atoms with van der Waals surface area (Å²) in [6, 6.07) is 13.2. The molecule has 1 aromatic heterocycles. The van der Waals surface area contributed by atoms with E-state index in [1.54, 1.807) is 30.3 Å². The fourth-order valence-electron chi connectivity index (χ4n) is 3.08. The average molecular weight is 428 g/mol. The maximum absolute atomic E-state index is 13.8. The van der Waals surface area contributed by atoms with Crippen molar-refractivity contribution in [2.75, 3.05) is 38.8 Å². The topological polar surface area (TPSA) is 62.3 Å². The first kappa shape index (κ1) is 21.9. The lowest BCUT2D eigenvalue weighted by atomic mass is 10.1. The Bertz CT molecular complexity index is 1160. The average Bonchev–Trinajstić information content (AvgIpc) is 2.69. The molecule has 0 aliphatic heterocycles. The van der Waals surface area contributed by atoms with Gasteiger partial charge in [0.05, 0.1) is 16.1 Å². The van der Waals surface area contributed by atoms with Gasteiger partial charge in [-0.05, 0) is 75.1 Å². The van der Waals surface area contributed by atoms with Crippen molar-refractivity contribution >= 4 is 38.6 Å². The number of hydrogen-bond acceptors (Lipinski definition) is 5. The highest BCUT2D eigenvalue weighted by Gasteiger charge is 2.07. The maximum atomic E-state index is 13.8. The zero-order valence-corrected chi connectivity index (χ0v) is 18.2. The van der Waals surface area contributed by atoms with Crippen molar-refractivity contribution in [3.8, 4) is 0 Å². The number of benzene rings is 2. The highest BCUT2D eigenvalue weighted by Crippen LogP contribution is 2.25. The van der Waals surface area contributed by atoms with Gasteiger partial charge in [0, 0.05) is 23.9 Å². The van der Waals surface area contributed by atoms with Gasteiger partial charge < -0.3 is 10.2 Å². The first-order chi connectivity index (χ1) is 14.2. The Hall–Kier alpha value is -2.77. The Morgan fingerprint density at radius 2 is 1.80 bits per heavy atom. The molecule has 3 aromatic rings. The number of anilines is 1. The molecule has 0 aliphatic rings. The number of nitrogens with one attached hydrogen (secondary N) is 1. The summed E-state index contributed by atoms with van der Waals surface area (Å²) < 4.78 is 37.0. The minimum Gasteiger partial charge on any atom is -0.384 e. The molecular weight excluding hydrogens is 401 g/mol. The molecule has 0 saturated carbocycles. The molecule has 0 aliphatic carbocycles. The van der Waals surface area contributed by atoms with Crippen molar-refractivity contribution in [1.29, 1.82) is 0 Å². The molecule has 3 rings (SSSR count). The van der Waals surface area contributed by atoms with Crippen LogP contribution in [0.15, 0.2) is 53.4 Å². The van der Waals surface area contributed by atoms with Crippen molar-refractivity contribution in [2.24, 2.45) is 0 Å². The molecule has 1 heterocycles. The second kappa shape index (κ2) is 9.36. The van der Waals surface area contributed by atoms with Crippen molar-refractivity contribution in [3.63, 3.8) is 0 Å². The third-order valence-electron chi connectivity index (χ3n) is 4.64. The Kier molecular flexibility index (Phi) is 6.84. The van der Waals surface area contributed by atoms with Crippen molar-refractivity contribution < 1.29 is 12.8 Å². The normalized spacial score (nSPS) is 12.2. The minimum atomic E-state index is -3.22. The SMILES string of the molecule is CN(C)CCCNc1cc(/C=C/c2ccc(S(C)(=O)=O)cc2)nc2ccc(F)cc12. The maximum Gasteiger partial charge on any atom is 0.175 e. The van der Waals surface area contributed by atoms with E-state index in [9.17, 15) is 12.8 Å². The largest absolute Gasteiger partial charge is 0.384 e. The Morgan fingerprint density at radius 3 is 2.47 bits per heavy atom. The molecule has 0 fully saturated rings. The van der Waals surface area contributed by atoms with E-state index in [1.165, 1.54) is 18.4 Å². The summed E-state index contributed by atoms with van der Waals surface area (Å²) in [5, 5.41) is 4.14. The number of hydrogen-bond donors (Lipinski definition) is 1. The predicted molar refractivity (Wildman–Crippen MR) is 122 cm³/mol. The van der Waals surface area contributed by atoms with Crippen LogP contribution >= 0.6 is 0 Å². The number of sulfone groups is 1. The third-order valence-corrected chi connectivity index (χ3v) is 5.77. The van der Waals surface area contributed by atoms with Crippen LogP contribution in [0.1, 0.15) is 17.7 Å². The van der Waals surface area contributed by atoms with Gasteiger partial charge in [-0.2, -0.15) is 0 Å². The van der Waals surface area contributed by atoms with Crippen LogP contribution in [-0.4, -0.2) is 51.7 Å². The molecule has 0 unspecified atom stereocenters. The van der Waals surface area contributed by atoms with E-state index in [2.05, 4.69) is 15.2 Å².